The van der Waals surface area contributed by atoms with E-state index in [-0.39, 0.29) is 12.2 Å². The highest BCUT2D eigenvalue weighted by Gasteiger charge is 2.48. The molecule has 3 aliphatic carbocycles. The summed E-state index contributed by atoms with van der Waals surface area (Å²) in [6.45, 7) is 12.8. The van der Waals surface area contributed by atoms with Gasteiger partial charge in [0, 0.05) is 25.2 Å². The molecule has 3 rings (SSSR count). The quantitative estimate of drug-likeness (QED) is 0.0950. The van der Waals surface area contributed by atoms with Crippen molar-refractivity contribution in [3.05, 3.63) is 25.3 Å². The summed E-state index contributed by atoms with van der Waals surface area (Å²) in [6, 6.07) is 0. The molecule has 3 saturated carbocycles. The zero-order valence-corrected chi connectivity index (χ0v) is 25.9. The van der Waals surface area contributed by atoms with E-state index in [9.17, 15) is 19.2 Å². The van der Waals surface area contributed by atoms with Crippen LogP contribution in [0.5, 0.6) is 0 Å². The van der Waals surface area contributed by atoms with Crippen molar-refractivity contribution in [2.75, 3.05) is 39.5 Å². The number of ether oxygens (including phenoxy) is 4. The van der Waals surface area contributed by atoms with Crippen molar-refractivity contribution in [2.45, 2.75) is 90.9 Å². The van der Waals surface area contributed by atoms with Crippen LogP contribution in [0.4, 0.5) is 9.59 Å². The van der Waals surface area contributed by atoms with Crippen molar-refractivity contribution in [3.63, 3.8) is 0 Å². The van der Waals surface area contributed by atoms with E-state index >= 15 is 0 Å². The van der Waals surface area contributed by atoms with Gasteiger partial charge in [-0.3, -0.25) is 0 Å². The van der Waals surface area contributed by atoms with Crippen LogP contribution in [-0.4, -0.2) is 63.6 Å². The lowest BCUT2D eigenvalue weighted by molar-refractivity contribution is -0.138. The number of hydrogen-bond donors (Lipinski definition) is 2. The summed E-state index contributed by atoms with van der Waals surface area (Å²) in [6.07, 6.45) is 16.1. The van der Waals surface area contributed by atoms with Gasteiger partial charge in [0.1, 0.15) is 0 Å². The predicted octanol–water partition coefficient (Wildman–Crippen LogP) is 6.10. The number of rotatable bonds is 16. The van der Waals surface area contributed by atoms with Crippen molar-refractivity contribution in [3.8, 4) is 0 Å². The van der Waals surface area contributed by atoms with E-state index in [0.717, 1.165) is 50.7 Å². The van der Waals surface area contributed by atoms with E-state index < -0.39 is 11.9 Å². The van der Waals surface area contributed by atoms with Crippen LogP contribution in [0.3, 0.4) is 0 Å². The van der Waals surface area contributed by atoms with Crippen LogP contribution in [0, 0.1) is 23.7 Å². The lowest BCUT2D eigenvalue weighted by Crippen LogP contribution is -2.25. The van der Waals surface area contributed by atoms with Gasteiger partial charge >= 0.3 is 24.1 Å². The molecule has 0 aromatic rings. The molecule has 0 spiro atoms. The third-order valence-electron chi connectivity index (χ3n) is 7.90. The minimum absolute atomic E-state index is 0.378. The number of carbonyl (C=O) groups excluding carboxylic acids is 4. The fourth-order valence-corrected chi connectivity index (χ4v) is 6.03. The molecule has 240 valence electrons. The van der Waals surface area contributed by atoms with Crippen molar-refractivity contribution >= 4 is 24.1 Å². The van der Waals surface area contributed by atoms with E-state index in [1.54, 1.807) is 52.4 Å². The Kier molecular flexibility index (Phi) is 20.7. The molecule has 2 amide bonds. The maximum absolute atomic E-state index is 10.8. The normalized spacial score (nSPS) is 20.8. The second-order valence-electron chi connectivity index (χ2n) is 10.8. The summed E-state index contributed by atoms with van der Waals surface area (Å²) in [5.74, 6) is 4.00. The van der Waals surface area contributed by atoms with Crippen molar-refractivity contribution in [1.29, 1.82) is 0 Å². The molecule has 0 aliphatic heterocycles. The third-order valence-corrected chi connectivity index (χ3v) is 7.90. The van der Waals surface area contributed by atoms with Gasteiger partial charge in [0.25, 0.3) is 0 Å². The molecule has 0 saturated heterocycles. The van der Waals surface area contributed by atoms with E-state index in [1.165, 1.54) is 23.7 Å². The van der Waals surface area contributed by atoms with Gasteiger partial charge in [0.2, 0.25) is 0 Å². The van der Waals surface area contributed by atoms with Gasteiger partial charge in [-0.15, -0.1) is 0 Å². The largest absolute Gasteiger partial charge is 0.463 e. The zero-order chi connectivity index (χ0) is 31.0. The number of fused-ring (bicyclic) bond motifs is 5. The summed E-state index contributed by atoms with van der Waals surface area (Å²) in [5, 5.41) is 5.22. The van der Waals surface area contributed by atoms with Crippen LogP contribution >= 0.6 is 0 Å². The van der Waals surface area contributed by atoms with Crippen molar-refractivity contribution in [2.24, 2.45) is 23.7 Å². The summed E-state index contributed by atoms with van der Waals surface area (Å²) < 4.78 is 18.9. The Hall–Kier alpha value is -3.04. The van der Waals surface area contributed by atoms with Gasteiger partial charge in [-0.05, 0) is 108 Å². The lowest BCUT2D eigenvalue weighted by Gasteiger charge is -2.23. The monoisotopic (exact) mass is 594 g/mol. The molecule has 2 N–H and O–H groups in total. The highest BCUT2D eigenvalue weighted by molar-refractivity contribution is 5.81. The first-order chi connectivity index (χ1) is 20.4. The number of nitrogens with one attached hydrogen (secondary N) is 2. The SMILES string of the molecule is C1CC2C3CCC(C3)C2C1.C=CC(=O)OCCCCCNC(=O)OCC.C=CC(=O)OCCCCCNC(=O)OCC. The van der Waals surface area contributed by atoms with E-state index in [1.807, 2.05) is 0 Å². The summed E-state index contributed by atoms with van der Waals surface area (Å²) in [4.78, 5) is 43.0. The molecule has 0 radical (unpaired) electrons. The Labute approximate surface area is 252 Å². The topological polar surface area (TPSA) is 129 Å². The molecule has 4 atom stereocenters. The number of carbonyl (C=O) groups is 4. The summed E-state index contributed by atoms with van der Waals surface area (Å²) in [7, 11) is 0. The van der Waals surface area contributed by atoms with Gasteiger partial charge in [-0.25, -0.2) is 19.2 Å². The van der Waals surface area contributed by atoms with Crippen LogP contribution in [0.25, 0.3) is 0 Å². The average Bonchev–Trinajstić information content (AvgIpc) is 3.73. The minimum atomic E-state index is -0.398. The lowest BCUT2D eigenvalue weighted by atomic mass is 9.82. The number of unbranched alkanes of at least 4 members (excludes halogenated alkanes) is 4. The molecular formula is C32H54N2O8. The van der Waals surface area contributed by atoms with Gasteiger partial charge in [-0.2, -0.15) is 0 Å². The van der Waals surface area contributed by atoms with Crippen molar-refractivity contribution in [1.82, 2.24) is 10.6 Å². The smallest absolute Gasteiger partial charge is 0.407 e. The summed E-state index contributed by atoms with van der Waals surface area (Å²) in [5.41, 5.74) is 0. The molecule has 10 nitrogen and oxygen atoms in total. The number of amides is 2. The molecule has 3 aliphatic rings. The first kappa shape index (κ1) is 37.0. The van der Waals surface area contributed by atoms with Crippen LogP contribution in [0.2, 0.25) is 0 Å². The minimum Gasteiger partial charge on any atom is -0.463 e. The average molecular weight is 595 g/mol. The molecule has 10 heteroatoms. The van der Waals surface area contributed by atoms with Crippen molar-refractivity contribution < 1.29 is 38.1 Å². The fourth-order valence-electron chi connectivity index (χ4n) is 6.03. The maximum Gasteiger partial charge on any atom is 0.407 e. The Morgan fingerprint density at radius 2 is 1.07 bits per heavy atom. The first-order valence-corrected chi connectivity index (χ1v) is 15.8. The molecule has 42 heavy (non-hydrogen) atoms. The molecule has 2 bridgehead atoms. The standard InChI is InChI=1S/2C11H19NO4.C10H16/c2*1-3-10(13)16-9-7-5-6-8-12-11(14)15-4-2;1-2-9-7-4-5-8(6-7)10(9)3-1/h2*3H,1,4-9H2,2H3,(H,12,14);7-10H,1-6H2. The number of hydrogen-bond acceptors (Lipinski definition) is 8. The molecule has 3 fully saturated rings. The van der Waals surface area contributed by atoms with E-state index in [0.29, 0.717) is 39.5 Å². The van der Waals surface area contributed by atoms with Gasteiger partial charge in [-0.1, -0.05) is 19.6 Å². The Bertz CT molecular complexity index is 754. The third kappa shape index (κ3) is 16.4. The van der Waals surface area contributed by atoms with Gasteiger partial charge < -0.3 is 29.6 Å². The summed E-state index contributed by atoms with van der Waals surface area (Å²) >= 11 is 0. The number of esters is 2. The molecule has 0 aromatic carbocycles. The zero-order valence-electron chi connectivity index (χ0n) is 25.9. The van der Waals surface area contributed by atoms with Crippen LogP contribution in [-0.2, 0) is 28.5 Å². The Balaban J connectivity index is 0.000000321. The maximum atomic E-state index is 10.8. The second kappa shape index (κ2) is 23.5. The van der Waals surface area contributed by atoms with Gasteiger partial charge in [0.15, 0.2) is 0 Å². The van der Waals surface area contributed by atoms with E-state index in [4.69, 9.17) is 9.47 Å². The van der Waals surface area contributed by atoms with Crippen LogP contribution in [0.1, 0.15) is 90.9 Å². The Morgan fingerprint density at radius 1 is 0.643 bits per heavy atom. The number of alkyl carbamates (subject to hydrolysis) is 2. The fraction of sp³-hybridized carbons (Fsp3) is 0.750. The molecule has 4 unspecified atom stereocenters. The predicted molar refractivity (Wildman–Crippen MR) is 162 cm³/mol. The van der Waals surface area contributed by atoms with E-state index in [2.05, 4.69) is 33.3 Å². The highest BCUT2D eigenvalue weighted by Crippen LogP contribution is 2.58. The van der Waals surface area contributed by atoms with Crippen LogP contribution < -0.4 is 10.6 Å². The Morgan fingerprint density at radius 3 is 1.45 bits per heavy atom. The first-order valence-electron chi connectivity index (χ1n) is 15.8. The van der Waals surface area contributed by atoms with Gasteiger partial charge in [0.05, 0.1) is 26.4 Å². The molecule has 0 aromatic heterocycles. The molecule has 0 heterocycles. The second-order valence-corrected chi connectivity index (χ2v) is 10.8. The van der Waals surface area contributed by atoms with Crippen LogP contribution in [0.15, 0.2) is 25.3 Å². The highest BCUT2D eigenvalue weighted by atomic mass is 16.6. The molecular weight excluding hydrogens is 540 g/mol.